The fraction of sp³-hybridized carbons (Fsp3) is 0.0667. The molecule has 0 fully saturated rings. The van der Waals surface area contributed by atoms with Gasteiger partial charge in [-0.2, -0.15) is 0 Å². The Labute approximate surface area is 121 Å². The first-order valence-electron chi connectivity index (χ1n) is 6.27. The van der Waals surface area contributed by atoms with Crippen LogP contribution in [0.1, 0.15) is 15.9 Å². The molecule has 0 aliphatic carbocycles. The second-order valence-corrected chi connectivity index (χ2v) is 4.42. The van der Waals surface area contributed by atoms with Gasteiger partial charge in [0.15, 0.2) is 0 Å². The van der Waals surface area contributed by atoms with Gasteiger partial charge in [-0.3, -0.25) is 4.79 Å². The van der Waals surface area contributed by atoms with E-state index in [4.69, 9.17) is 5.73 Å². The highest BCUT2D eigenvalue weighted by Gasteiger charge is 2.06. The summed E-state index contributed by atoms with van der Waals surface area (Å²) in [5.41, 5.74) is 6.80. The van der Waals surface area contributed by atoms with Crippen LogP contribution in [0.2, 0.25) is 0 Å². The van der Waals surface area contributed by atoms with E-state index < -0.39 is 6.03 Å². The van der Waals surface area contributed by atoms with Crippen molar-refractivity contribution >= 4 is 17.6 Å². The highest BCUT2D eigenvalue weighted by molar-refractivity contribution is 6.04. The van der Waals surface area contributed by atoms with Crippen molar-refractivity contribution in [3.8, 4) is 5.75 Å². The molecule has 0 saturated carbocycles. The zero-order valence-corrected chi connectivity index (χ0v) is 11.2. The molecular weight excluding hydrogens is 270 g/mol. The Morgan fingerprint density at radius 2 is 1.81 bits per heavy atom. The number of nitrogens with one attached hydrogen (secondary N) is 2. The molecule has 0 bridgehead atoms. The zero-order valence-electron chi connectivity index (χ0n) is 11.2. The number of anilines is 1. The van der Waals surface area contributed by atoms with Crippen molar-refractivity contribution in [2.45, 2.75) is 6.54 Å². The number of carbonyl (C=O) groups excluding carboxylic acids is 2. The van der Waals surface area contributed by atoms with Crippen molar-refractivity contribution in [1.82, 2.24) is 5.32 Å². The normalized spacial score (nSPS) is 9.90. The highest BCUT2D eigenvalue weighted by atomic mass is 16.3. The molecule has 5 N–H and O–H groups in total. The molecule has 0 radical (unpaired) electrons. The van der Waals surface area contributed by atoms with Crippen LogP contribution in [0.25, 0.3) is 0 Å². The minimum absolute atomic E-state index is 0.0840. The van der Waals surface area contributed by atoms with Crippen LogP contribution >= 0.6 is 0 Å². The van der Waals surface area contributed by atoms with Crippen LogP contribution in [0.3, 0.4) is 0 Å². The molecule has 0 saturated heterocycles. The molecule has 0 aromatic heterocycles. The summed E-state index contributed by atoms with van der Waals surface area (Å²) in [5, 5.41) is 14.5. The number of urea groups is 1. The highest BCUT2D eigenvalue weighted by Crippen LogP contribution is 2.16. The van der Waals surface area contributed by atoms with Gasteiger partial charge in [0.05, 0.1) is 0 Å². The van der Waals surface area contributed by atoms with Crippen LogP contribution in [0.5, 0.6) is 5.75 Å². The van der Waals surface area contributed by atoms with Gasteiger partial charge in [-0.1, -0.05) is 18.2 Å². The van der Waals surface area contributed by atoms with Gasteiger partial charge < -0.3 is 21.5 Å². The third kappa shape index (κ3) is 4.24. The van der Waals surface area contributed by atoms with E-state index in [2.05, 4.69) is 10.6 Å². The zero-order chi connectivity index (χ0) is 15.2. The summed E-state index contributed by atoms with van der Waals surface area (Å²) in [4.78, 5) is 22.6. The molecule has 0 spiro atoms. The Balaban J connectivity index is 2.01. The van der Waals surface area contributed by atoms with Crippen molar-refractivity contribution in [2.75, 3.05) is 5.32 Å². The molecule has 21 heavy (non-hydrogen) atoms. The summed E-state index contributed by atoms with van der Waals surface area (Å²) < 4.78 is 0. The van der Waals surface area contributed by atoms with Crippen LogP contribution < -0.4 is 16.4 Å². The number of hydrogen-bond donors (Lipinski definition) is 4. The SMILES string of the molecule is NC(=O)NCc1ccc(C(=O)Nc2cccc(O)c2)cc1. The summed E-state index contributed by atoms with van der Waals surface area (Å²) in [6.07, 6.45) is 0. The number of hydrogen-bond acceptors (Lipinski definition) is 3. The van der Waals surface area contributed by atoms with E-state index in [1.54, 1.807) is 36.4 Å². The van der Waals surface area contributed by atoms with Crippen LogP contribution in [-0.4, -0.2) is 17.0 Å². The topological polar surface area (TPSA) is 104 Å². The number of phenols is 1. The Morgan fingerprint density at radius 3 is 2.43 bits per heavy atom. The number of phenolic OH excluding ortho intramolecular Hbond substituents is 1. The number of aromatic hydroxyl groups is 1. The second-order valence-electron chi connectivity index (χ2n) is 4.42. The van der Waals surface area contributed by atoms with Gasteiger partial charge in [0.2, 0.25) is 0 Å². The first-order chi connectivity index (χ1) is 10.0. The summed E-state index contributed by atoms with van der Waals surface area (Å²) in [5.74, 6) is -0.198. The Morgan fingerprint density at radius 1 is 1.10 bits per heavy atom. The molecule has 6 nitrogen and oxygen atoms in total. The molecule has 3 amide bonds. The molecule has 0 aliphatic rings. The van der Waals surface area contributed by atoms with Crippen molar-refractivity contribution in [1.29, 1.82) is 0 Å². The number of carbonyl (C=O) groups is 2. The van der Waals surface area contributed by atoms with Gasteiger partial charge >= 0.3 is 6.03 Å². The third-order valence-corrected chi connectivity index (χ3v) is 2.79. The molecule has 0 unspecified atom stereocenters. The number of rotatable bonds is 4. The number of amides is 3. The van der Waals surface area contributed by atoms with Crippen molar-refractivity contribution < 1.29 is 14.7 Å². The molecule has 2 aromatic carbocycles. The molecule has 0 atom stereocenters. The van der Waals surface area contributed by atoms with E-state index in [9.17, 15) is 14.7 Å². The smallest absolute Gasteiger partial charge is 0.312 e. The first-order valence-corrected chi connectivity index (χ1v) is 6.27. The summed E-state index contributed by atoms with van der Waals surface area (Å²) in [7, 11) is 0. The predicted octanol–water partition coefficient (Wildman–Crippen LogP) is 1.81. The Hall–Kier alpha value is -3.02. The average Bonchev–Trinajstić information content (AvgIpc) is 2.45. The third-order valence-electron chi connectivity index (χ3n) is 2.79. The summed E-state index contributed by atoms with van der Waals surface area (Å²) >= 11 is 0. The number of primary amides is 1. The number of benzene rings is 2. The van der Waals surface area contributed by atoms with E-state index in [0.717, 1.165) is 5.56 Å². The largest absolute Gasteiger partial charge is 0.508 e. The molecule has 0 aliphatic heterocycles. The lowest BCUT2D eigenvalue weighted by atomic mass is 10.1. The van der Waals surface area contributed by atoms with Gasteiger partial charge in [-0.15, -0.1) is 0 Å². The lowest BCUT2D eigenvalue weighted by Gasteiger charge is -2.07. The standard InChI is InChI=1S/C15H15N3O3/c16-15(21)17-9-10-4-6-11(7-5-10)14(20)18-12-2-1-3-13(19)8-12/h1-8,19H,9H2,(H,18,20)(H3,16,17,21). The van der Waals surface area contributed by atoms with Crippen molar-refractivity contribution in [3.63, 3.8) is 0 Å². The van der Waals surface area contributed by atoms with Crippen LogP contribution in [0.4, 0.5) is 10.5 Å². The maximum atomic E-state index is 12.0. The van der Waals surface area contributed by atoms with Gasteiger partial charge in [0, 0.05) is 23.9 Å². The molecule has 2 rings (SSSR count). The quantitative estimate of drug-likeness (QED) is 0.688. The van der Waals surface area contributed by atoms with Gasteiger partial charge in [0.1, 0.15) is 5.75 Å². The van der Waals surface area contributed by atoms with E-state index >= 15 is 0 Å². The molecule has 6 heteroatoms. The van der Waals surface area contributed by atoms with Crippen molar-refractivity contribution in [2.24, 2.45) is 5.73 Å². The maximum Gasteiger partial charge on any atom is 0.312 e. The molecule has 2 aromatic rings. The first kappa shape index (κ1) is 14.4. The minimum Gasteiger partial charge on any atom is -0.508 e. The number of nitrogens with two attached hydrogens (primary N) is 1. The molecule has 0 heterocycles. The van der Waals surface area contributed by atoms with E-state index in [-0.39, 0.29) is 11.7 Å². The fourth-order valence-corrected chi connectivity index (χ4v) is 1.75. The molecular formula is C15H15N3O3. The van der Waals surface area contributed by atoms with Crippen LogP contribution in [-0.2, 0) is 6.54 Å². The average molecular weight is 285 g/mol. The van der Waals surface area contributed by atoms with E-state index in [1.807, 2.05) is 0 Å². The lowest BCUT2D eigenvalue weighted by molar-refractivity contribution is 0.102. The van der Waals surface area contributed by atoms with E-state index in [1.165, 1.54) is 12.1 Å². The predicted molar refractivity (Wildman–Crippen MR) is 78.9 cm³/mol. The Bertz CT molecular complexity index is 653. The minimum atomic E-state index is -0.597. The second kappa shape index (κ2) is 6.42. The van der Waals surface area contributed by atoms with Crippen LogP contribution in [0.15, 0.2) is 48.5 Å². The Kier molecular flexibility index (Phi) is 4.40. The van der Waals surface area contributed by atoms with Gasteiger partial charge in [0.25, 0.3) is 5.91 Å². The van der Waals surface area contributed by atoms with Gasteiger partial charge in [-0.05, 0) is 29.8 Å². The van der Waals surface area contributed by atoms with Crippen LogP contribution in [0, 0.1) is 0 Å². The summed E-state index contributed by atoms with van der Waals surface area (Å²) in [6, 6.07) is 12.5. The maximum absolute atomic E-state index is 12.0. The molecule has 108 valence electrons. The monoisotopic (exact) mass is 285 g/mol. The summed E-state index contributed by atoms with van der Waals surface area (Å²) in [6.45, 7) is 0.309. The van der Waals surface area contributed by atoms with Gasteiger partial charge in [-0.25, -0.2) is 4.79 Å². The van der Waals surface area contributed by atoms with E-state index in [0.29, 0.717) is 17.8 Å². The lowest BCUT2D eigenvalue weighted by Crippen LogP contribution is -2.28. The van der Waals surface area contributed by atoms with Crippen molar-refractivity contribution in [3.05, 3.63) is 59.7 Å². The fourth-order valence-electron chi connectivity index (χ4n) is 1.75.